The van der Waals surface area contributed by atoms with E-state index in [4.69, 9.17) is 33.9 Å². The second kappa shape index (κ2) is 18.5. The molecule has 0 radical (unpaired) electrons. The fourth-order valence-electron chi connectivity index (χ4n) is 1.49. The van der Waals surface area contributed by atoms with E-state index in [0.29, 0.717) is 22.0 Å². The molecule has 0 bridgehead atoms. The average Bonchev–Trinajstić information content (AvgIpc) is 2.49. The maximum absolute atomic E-state index is 5.22. The van der Waals surface area contributed by atoms with Crippen molar-refractivity contribution in [2.45, 2.75) is 52.4 Å². The van der Waals surface area contributed by atoms with Gasteiger partial charge in [0.25, 0.3) is 0 Å². The summed E-state index contributed by atoms with van der Waals surface area (Å²) in [5.74, 6) is 2.30. The fraction of sp³-hybridized carbons (Fsp3) is 0.857. The summed E-state index contributed by atoms with van der Waals surface area (Å²) in [5.41, 5.74) is 0. The topological polar surface area (TPSA) is 18.5 Å². The van der Waals surface area contributed by atoms with Gasteiger partial charge >= 0.3 is 0 Å². The van der Waals surface area contributed by atoms with Crippen LogP contribution in [0.2, 0.25) is 0 Å². The van der Waals surface area contributed by atoms with Gasteiger partial charge in [0, 0.05) is 11.5 Å². The van der Waals surface area contributed by atoms with Gasteiger partial charge in [-0.15, -0.1) is 0 Å². The van der Waals surface area contributed by atoms with E-state index in [9.17, 15) is 0 Å². The van der Waals surface area contributed by atoms with Crippen LogP contribution in [0.25, 0.3) is 0 Å². The van der Waals surface area contributed by atoms with Crippen molar-refractivity contribution in [1.29, 1.82) is 0 Å². The van der Waals surface area contributed by atoms with Crippen molar-refractivity contribution >= 4 is 76.4 Å². The number of rotatable bonds is 13. The van der Waals surface area contributed by atoms with Crippen molar-refractivity contribution in [2.24, 2.45) is 0 Å². The highest BCUT2D eigenvalue weighted by atomic mass is 33.1. The van der Waals surface area contributed by atoms with Crippen LogP contribution in [-0.2, 0) is 9.47 Å². The lowest BCUT2D eigenvalue weighted by Crippen LogP contribution is -1.93. The maximum atomic E-state index is 5.22. The van der Waals surface area contributed by atoms with E-state index in [1.807, 2.05) is 13.8 Å². The molecular weight excluding hydrogens is 393 g/mol. The third-order valence-electron chi connectivity index (χ3n) is 2.48. The van der Waals surface area contributed by atoms with Gasteiger partial charge in [-0.05, 0) is 72.7 Å². The minimum Gasteiger partial charge on any atom is -0.478 e. The van der Waals surface area contributed by atoms with Crippen LogP contribution in [0, 0.1) is 0 Å². The maximum Gasteiger partial charge on any atom is 0.230 e. The minimum absolute atomic E-state index is 0.659. The van der Waals surface area contributed by atoms with Crippen LogP contribution < -0.4 is 0 Å². The molecule has 0 saturated heterocycles. The van der Waals surface area contributed by atoms with Crippen LogP contribution in [0.1, 0.15) is 52.4 Å². The van der Waals surface area contributed by atoms with Crippen molar-refractivity contribution in [3.63, 3.8) is 0 Å². The molecule has 130 valence electrons. The molecule has 0 spiro atoms. The van der Waals surface area contributed by atoms with Crippen molar-refractivity contribution in [2.75, 3.05) is 24.7 Å². The Morgan fingerprint density at radius 3 is 1.41 bits per heavy atom. The molecule has 0 atom stereocenters. The summed E-state index contributed by atoms with van der Waals surface area (Å²) >= 11 is 10.1. The van der Waals surface area contributed by atoms with Gasteiger partial charge in [0.05, 0.1) is 13.2 Å². The van der Waals surface area contributed by atoms with Gasteiger partial charge in [0.2, 0.25) is 8.77 Å². The van der Waals surface area contributed by atoms with E-state index >= 15 is 0 Å². The second-order valence-corrected chi connectivity index (χ2v) is 10.3. The first-order valence-electron chi connectivity index (χ1n) is 7.63. The van der Waals surface area contributed by atoms with Crippen LogP contribution in [0.15, 0.2) is 0 Å². The van der Waals surface area contributed by atoms with E-state index in [1.54, 1.807) is 43.2 Å². The van der Waals surface area contributed by atoms with Crippen molar-refractivity contribution < 1.29 is 9.47 Å². The molecule has 0 aromatic carbocycles. The zero-order chi connectivity index (χ0) is 16.5. The van der Waals surface area contributed by atoms with Crippen LogP contribution in [0.5, 0.6) is 0 Å². The van der Waals surface area contributed by atoms with Gasteiger partial charge in [0.15, 0.2) is 0 Å². The highest BCUT2D eigenvalue weighted by Gasteiger charge is 1.99. The third-order valence-corrected chi connectivity index (χ3v) is 8.12. The molecular formula is C14H26O2S6. The largest absolute Gasteiger partial charge is 0.478 e. The number of unbranched alkanes of at least 4 members (excludes halogenated alkanes) is 5. The molecule has 2 nitrogen and oxygen atoms in total. The molecule has 0 unspecified atom stereocenters. The first kappa shape index (κ1) is 23.2. The van der Waals surface area contributed by atoms with E-state index in [1.165, 1.54) is 38.5 Å². The lowest BCUT2D eigenvalue weighted by atomic mass is 10.1. The molecule has 0 fully saturated rings. The van der Waals surface area contributed by atoms with Crippen molar-refractivity contribution in [3.8, 4) is 0 Å². The smallest absolute Gasteiger partial charge is 0.230 e. The minimum atomic E-state index is 0.659. The highest BCUT2D eigenvalue weighted by molar-refractivity contribution is 8.83. The first-order valence-corrected chi connectivity index (χ1v) is 13.1. The summed E-state index contributed by atoms with van der Waals surface area (Å²) in [6.07, 6.45) is 7.81. The molecule has 0 aliphatic heterocycles. The quantitative estimate of drug-likeness (QED) is 0.184. The lowest BCUT2D eigenvalue weighted by molar-refractivity contribution is 0.346. The molecule has 8 heteroatoms. The third kappa shape index (κ3) is 17.5. The monoisotopic (exact) mass is 418 g/mol. The summed E-state index contributed by atoms with van der Waals surface area (Å²) in [6.45, 7) is 5.26. The molecule has 0 amide bonds. The van der Waals surface area contributed by atoms with Crippen LogP contribution in [-0.4, -0.2) is 33.5 Å². The van der Waals surface area contributed by atoms with Crippen LogP contribution >= 0.6 is 67.6 Å². The van der Waals surface area contributed by atoms with E-state index in [2.05, 4.69) is 0 Å². The average molecular weight is 419 g/mol. The molecule has 0 rings (SSSR count). The predicted octanol–water partition coefficient (Wildman–Crippen LogP) is 6.73. The second-order valence-electron chi connectivity index (χ2n) is 4.30. The summed E-state index contributed by atoms with van der Waals surface area (Å²) < 4.78 is 11.7. The summed E-state index contributed by atoms with van der Waals surface area (Å²) in [7, 11) is 6.77. The van der Waals surface area contributed by atoms with E-state index in [-0.39, 0.29) is 0 Å². The van der Waals surface area contributed by atoms with Crippen LogP contribution in [0.3, 0.4) is 0 Å². The van der Waals surface area contributed by atoms with E-state index in [0.717, 1.165) is 11.5 Å². The number of hydrogen-bond acceptors (Lipinski definition) is 8. The Morgan fingerprint density at radius 1 is 0.682 bits per heavy atom. The zero-order valence-corrected chi connectivity index (χ0v) is 18.2. The summed E-state index contributed by atoms with van der Waals surface area (Å²) in [6, 6.07) is 0. The highest BCUT2D eigenvalue weighted by Crippen LogP contribution is 2.26. The standard InChI is InChI=1S/C14H26O2S6/c1-3-15-13(17)21-19-11-9-7-5-6-8-10-12-20-22-14(18)16-4-2/h3-12H2,1-2H3. The molecule has 22 heavy (non-hydrogen) atoms. The van der Waals surface area contributed by atoms with Crippen LogP contribution in [0.4, 0.5) is 0 Å². The molecule has 0 aromatic rings. The summed E-state index contributed by atoms with van der Waals surface area (Å²) in [4.78, 5) is 0. The van der Waals surface area contributed by atoms with Crippen molar-refractivity contribution in [1.82, 2.24) is 0 Å². The Morgan fingerprint density at radius 2 is 1.05 bits per heavy atom. The molecule has 0 saturated carbocycles. The Hall–Kier alpha value is 1.18. The van der Waals surface area contributed by atoms with Gasteiger partial charge in [0.1, 0.15) is 0 Å². The zero-order valence-electron chi connectivity index (χ0n) is 13.3. The lowest BCUT2D eigenvalue weighted by Gasteiger charge is -2.04. The van der Waals surface area contributed by atoms with Gasteiger partial charge in [-0.2, -0.15) is 0 Å². The number of ether oxygens (including phenoxy) is 2. The number of hydrogen-bond donors (Lipinski definition) is 0. The van der Waals surface area contributed by atoms with Gasteiger partial charge < -0.3 is 9.47 Å². The molecule has 0 aromatic heterocycles. The van der Waals surface area contributed by atoms with Crippen molar-refractivity contribution in [3.05, 3.63) is 0 Å². The Balaban J connectivity index is 3.11. The van der Waals surface area contributed by atoms with E-state index < -0.39 is 0 Å². The normalized spacial score (nSPS) is 10.5. The first-order chi connectivity index (χ1) is 10.7. The predicted molar refractivity (Wildman–Crippen MR) is 116 cm³/mol. The Labute approximate surface area is 162 Å². The van der Waals surface area contributed by atoms with Gasteiger partial charge in [-0.1, -0.05) is 47.3 Å². The Kier molecular flexibility index (Phi) is 19.5. The molecule has 0 N–H and O–H groups in total. The summed E-state index contributed by atoms with van der Waals surface area (Å²) in [5, 5.41) is 0. The number of thiocarbonyl (C=S) groups is 2. The molecule has 0 aliphatic carbocycles. The van der Waals surface area contributed by atoms with Gasteiger partial charge in [-0.3, -0.25) is 0 Å². The van der Waals surface area contributed by atoms with Gasteiger partial charge in [-0.25, -0.2) is 0 Å². The Bertz CT molecular complexity index is 261. The molecule has 0 heterocycles. The fourth-order valence-corrected chi connectivity index (χ4v) is 6.00. The molecule has 0 aliphatic rings. The SMILES string of the molecule is CCOC(=S)SSCCCCCCCCSSC(=S)OCC.